The van der Waals surface area contributed by atoms with Crippen molar-refractivity contribution in [3.05, 3.63) is 66.6 Å². The lowest BCUT2D eigenvalue weighted by molar-refractivity contribution is -0.115. The van der Waals surface area contributed by atoms with Crippen molar-refractivity contribution in [1.29, 1.82) is 0 Å². The van der Waals surface area contributed by atoms with E-state index in [0.29, 0.717) is 33.9 Å². The van der Waals surface area contributed by atoms with Crippen LogP contribution in [-0.4, -0.2) is 22.8 Å². The summed E-state index contributed by atoms with van der Waals surface area (Å²) in [5, 5.41) is 2.64. The van der Waals surface area contributed by atoms with Crippen LogP contribution in [0.2, 0.25) is 0 Å². The van der Waals surface area contributed by atoms with Crippen LogP contribution in [0.4, 0.5) is 18.9 Å². The molecule has 0 atom stereocenters. The number of carbonyl (C=O) groups excluding carboxylic acids is 1. The van der Waals surface area contributed by atoms with Crippen molar-refractivity contribution < 1.29 is 22.4 Å². The maximum atomic E-state index is 12.4. The maximum absolute atomic E-state index is 12.4. The molecule has 0 bridgehead atoms. The first-order valence-electron chi connectivity index (χ1n) is 7.99. The number of hydrogen-bond donors (Lipinski definition) is 1. The molecule has 0 saturated heterocycles. The summed E-state index contributed by atoms with van der Waals surface area (Å²) < 4.78 is 42.7. The summed E-state index contributed by atoms with van der Waals surface area (Å²) in [6, 6.07) is 15.6. The number of alkyl halides is 3. The lowest BCUT2D eigenvalue weighted by Crippen LogP contribution is -2.16. The van der Waals surface area contributed by atoms with E-state index in [-0.39, 0.29) is 12.3 Å². The van der Waals surface area contributed by atoms with Crippen LogP contribution in [0.3, 0.4) is 0 Å². The minimum Gasteiger partial charge on any atom is -0.444 e. The molecule has 2 aromatic carbocycles. The molecule has 3 rings (SSSR count). The largest absolute Gasteiger partial charge is 0.444 e. The molecule has 1 N–H and O–H groups in total. The zero-order valence-corrected chi connectivity index (χ0v) is 14.8. The Balaban J connectivity index is 1.64. The van der Waals surface area contributed by atoms with Crippen LogP contribution in [-0.2, 0) is 11.2 Å². The zero-order valence-electron chi connectivity index (χ0n) is 14.0. The van der Waals surface area contributed by atoms with Gasteiger partial charge in [0.05, 0.1) is 23.6 Å². The number of thioether (sulfide) groups is 1. The van der Waals surface area contributed by atoms with E-state index in [9.17, 15) is 18.0 Å². The summed E-state index contributed by atoms with van der Waals surface area (Å²) >= 11 is 0.630. The predicted octanol–water partition coefficient (Wildman–Crippen LogP) is 5.18. The molecule has 8 heteroatoms. The summed E-state index contributed by atoms with van der Waals surface area (Å²) in [6.07, 6.45) is -2.93. The van der Waals surface area contributed by atoms with Crippen LogP contribution in [0.25, 0.3) is 11.5 Å². The number of carbonyl (C=O) groups is 1. The number of para-hydroxylation sites is 1. The Morgan fingerprint density at radius 3 is 2.52 bits per heavy atom. The number of aromatic nitrogens is 1. The first-order valence-corrected chi connectivity index (χ1v) is 8.97. The third kappa shape index (κ3) is 5.62. The third-order valence-electron chi connectivity index (χ3n) is 3.47. The van der Waals surface area contributed by atoms with Crippen LogP contribution in [0.15, 0.2) is 70.2 Å². The standard InChI is InChI=1S/C19H15F3N2O2S/c20-19(21,22)12-27-16-9-5-4-8-15(16)24-17(25)10-14-11-26-18(23-14)13-6-2-1-3-7-13/h1-9,11H,10,12H2,(H,24,25). The van der Waals surface area contributed by atoms with Gasteiger partial charge in [0.1, 0.15) is 6.26 Å². The number of benzene rings is 2. The quantitative estimate of drug-likeness (QED) is 0.588. The molecular weight excluding hydrogens is 377 g/mol. The molecule has 0 aliphatic rings. The highest BCUT2D eigenvalue weighted by Crippen LogP contribution is 2.32. The molecule has 140 valence electrons. The number of rotatable bonds is 6. The van der Waals surface area contributed by atoms with Crippen molar-refractivity contribution in [1.82, 2.24) is 4.98 Å². The Morgan fingerprint density at radius 1 is 1.07 bits per heavy atom. The highest BCUT2D eigenvalue weighted by molar-refractivity contribution is 7.99. The summed E-state index contributed by atoms with van der Waals surface area (Å²) in [7, 11) is 0. The summed E-state index contributed by atoms with van der Waals surface area (Å²) in [5.41, 5.74) is 1.56. The van der Waals surface area contributed by atoms with Gasteiger partial charge in [0, 0.05) is 10.5 Å². The monoisotopic (exact) mass is 392 g/mol. The molecule has 1 heterocycles. The van der Waals surface area contributed by atoms with Crippen molar-refractivity contribution in [2.45, 2.75) is 17.5 Å². The minimum atomic E-state index is -4.28. The Hall–Kier alpha value is -2.74. The highest BCUT2D eigenvalue weighted by atomic mass is 32.2. The van der Waals surface area contributed by atoms with Gasteiger partial charge in [-0.3, -0.25) is 4.79 Å². The fourth-order valence-electron chi connectivity index (χ4n) is 2.32. The van der Waals surface area contributed by atoms with Crippen molar-refractivity contribution in [2.75, 3.05) is 11.1 Å². The normalized spacial score (nSPS) is 11.4. The number of nitrogens with zero attached hydrogens (tertiary/aromatic N) is 1. The number of hydrogen-bond acceptors (Lipinski definition) is 4. The SMILES string of the molecule is O=C(Cc1coc(-c2ccccc2)n1)Nc1ccccc1SCC(F)(F)F. The first-order chi connectivity index (χ1) is 12.9. The van der Waals surface area contributed by atoms with E-state index in [1.165, 1.54) is 12.3 Å². The lowest BCUT2D eigenvalue weighted by atomic mass is 10.2. The Labute approximate surface area is 157 Å². The minimum absolute atomic E-state index is 0.0470. The fraction of sp³-hybridized carbons (Fsp3) is 0.158. The summed E-state index contributed by atoms with van der Waals surface area (Å²) in [6.45, 7) is 0. The van der Waals surface area contributed by atoms with Crippen molar-refractivity contribution in [3.63, 3.8) is 0 Å². The van der Waals surface area contributed by atoms with Crippen LogP contribution >= 0.6 is 11.8 Å². The number of halogens is 3. The molecule has 0 fully saturated rings. The van der Waals surface area contributed by atoms with E-state index in [4.69, 9.17) is 4.42 Å². The molecule has 0 saturated carbocycles. The predicted molar refractivity (Wildman–Crippen MR) is 97.5 cm³/mol. The van der Waals surface area contributed by atoms with Gasteiger partial charge in [-0.1, -0.05) is 30.3 Å². The molecule has 0 spiro atoms. The van der Waals surface area contributed by atoms with Gasteiger partial charge in [0.2, 0.25) is 11.8 Å². The number of oxazole rings is 1. The van der Waals surface area contributed by atoms with Gasteiger partial charge in [-0.25, -0.2) is 4.98 Å². The molecule has 3 aromatic rings. The van der Waals surface area contributed by atoms with E-state index in [0.717, 1.165) is 5.56 Å². The topological polar surface area (TPSA) is 55.1 Å². The van der Waals surface area contributed by atoms with Crippen molar-refractivity contribution in [2.24, 2.45) is 0 Å². The molecule has 0 aliphatic heterocycles. The number of anilines is 1. The van der Waals surface area contributed by atoms with Gasteiger partial charge in [0.25, 0.3) is 0 Å². The second-order valence-electron chi connectivity index (χ2n) is 5.63. The van der Waals surface area contributed by atoms with E-state index in [1.807, 2.05) is 30.3 Å². The number of nitrogens with one attached hydrogen (secondary N) is 1. The van der Waals surface area contributed by atoms with Crippen molar-refractivity contribution in [3.8, 4) is 11.5 Å². The molecule has 4 nitrogen and oxygen atoms in total. The first kappa shape index (κ1) is 19.0. The van der Waals surface area contributed by atoms with E-state index >= 15 is 0 Å². The summed E-state index contributed by atoms with van der Waals surface area (Å²) in [4.78, 5) is 16.9. The van der Waals surface area contributed by atoms with E-state index in [2.05, 4.69) is 10.3 Å². The van der Waals surface area contributed by atoms with Gasteiger partial charge in [0.15, 0.2) is 0 Å². The molecule has 0 aliphatic carbocycles. The second-order valence-corrected chi connectivity index (χ2v) is 6.65. The smallest absolute Gasteiger partial charge is 0.398 e. The van der Waals surface area contributed by atoms with Crippen LogP contribution in [0, 0.1) is 0 Å². The van der Waals surface area contributed by atoms with Gasteiger partial charge in [-0.15, -0.1) is 11.8 Å². The van der Waals surface area contributed by atoms with Gasteiger partial charge in [-0.05, 0) is 24.3 Å². The van der Waals surface area contributed by atoms with Gasteiger partial charge < -0.3 is 9.73 Å². The lowest BCUT2D eigenvalue weighted by Gasteiger charge is -2.11. The molecule has 1 aromatic heterocycles. The maximum Gasteiger partial charge on any atom is 0.398 e. The molecule has 1 amide bonds. The fourth-order valence-corrected chi connectivity index (χ4v) is 3.08. The van der Waals surface area contributed by atoms with Gasteiger partial charge >= 0.3 is 6.18 Å². The van der Waals surface area contributed by atoms with Gasteiger partial charge in [-0.2, -0.15) is 13.2 Å². The average molecular weight is 392 g/mol. The Kier molecular flexibility index (Phi) is 5.85. The van der Waals surface area contributed by atoms with E-state index < -0.39 is 11.9 Å². The van der Waals surface area contributed by atoms with Crippen molar-refractivity contribution >= 4 is 23.4 Å². The average Bonchev–Trinajstić information content (AvgIpc) is 3.09. The molecule has 0 unspecified atom stereocenters. The summed E-state index contributed by atoms with van der Waals surface area (Å²) in [5.74, 6) is -1.01. The third-order valence-corrected chi connectivity index (χ3v) is 4.61. The Morgan fingerprint density at radius 2 is 1.78 bits per heavy atom. The molecule has 27 heavy (non-hydrogen) atoms. The zero-order chi connectivity index (χ0) is 19.3. The highest BCUT2D eigenvalue weighted by Gasteiger charge is 2.27. The Bertz CT molecular complexity index is 911. The van der Waals surface area contributed by atoms with Crippen LogP contribution in [0.1, 0.15) is 5.69 Å². The van der Waals surface area contributed by atoms with Crippen LogP contribution in [0.5, 0.6) is 0 Å². The second kappa shape index (κ2) is 8.30. The molecular formula is C19H15F3N2O2S. The molecule has 0 radical (unpaired) electrons. The van der Waals surface area contributed by atoms with Crippen LogP contribution < -0.4 is 5.32 Å². The number of amides is 1. The van der Waals surface area contributed by atoms with E-state index in [1.54, 1.807) is 18.2 Å².